The molecule has 0 amide bonds. The van der Waals surface area contributed by atoms with Gasteiger partial charge in [0.15, 0.2) is 0 Å². The average molecular weight is 255 g/mol. The summed E-state index contributed by atoms with van der Waals surface area (Å²) in [5.41, 5.74) is 0. The molecule has 0 N–H and O–H groups in total. The molecule has 0 spiro atoms. The molecule has 1 radical (unpaired) electrons. The monoisotopic (exact) mass is 255 g/mol. The lowest BCUT2D eigenvalue weighted by atomic mass is 9.77. The second-order valence-corrected chi connectivity index (χ2v) is 4.45. The third-order valence-electron chi connectivity index (χ3n) is 1.81. The largest absolute Gasteiger partial charge is 0.209 e. The lowest BCUT2D eigenvalue weighted by Gasteiger charge is -2.14. The van der Waals surface area contributed by atoms with Crippen molar-refractivity contribution in [2.75, 3.05) is 0 Å². The van der Waals surface area contributed by atoms with Crippen LogP contribution in [-0.2, 0) is 0 Å². The van der Waals surface area contributed by atoms with Crippen LogP contribution in [0.4, 0.5) is 0 Å². The molecule has 0 aliphatic heterocycles. The topological polar surface area (TPSA) is 0 Å². The predicted octanol–water partition coefficient (Wildman–Crippen LogP) is 3.54. The molecule has 9 heavy (non-hydrogen) atoms. The average Bonchev–Trinajstić information content (AvgIpc) is 1.87. The van der Waals surface area contributed by atoms with Gasteiger partial charge in [0.1, 0.15) is 0 Å². The zero-order chi connectivity index (χ0) is 7.28. The van der Waals surface area contributed by atoms with Gasteiger partial charge in [0.25, 0.3) is 0 Å². The Balaban J connectivity index is 3.32. The minimum atomic E-state index is 0.761. The van der Waals surface area contributed by atoms with Gasteiger partial charge < -0.3 is 0 Å². The van der Waals surface area contributed by atoms with Crippen molar-refractivity contribution in [2.24, 2.45) is 5.92 Å². The van der Waals surface area contributed by atoms with Crippen LogP contribution < -0.4 is 0 Å². The Hall–Kier alpha value is 1.14. The molecule has 3 heteroatoms. The van der Waals surface area contributed by atoms with E-state index >= 15 is 0 Å². The maximum Gasteiger partial charge on any atom is 0.209 e. The van der Waals surface area contributed by atoms with Crippen molar-refractivity contribution >= 4 is 36.5 Å². The van der Waals surface area contributed by atoms with Gasteiger partial charge in [-0.05, 0) is 27.1 Å². The molecule has 2 atom stereocenters. The molecule has 0 bridgehead atoms. The number of rotatable bonds is 4. The zero-order valence-corrected chi connectivity index (χ0v) is 9.20. The first-order chi connectivity index (χ1) is 4.22. The van der Waals surface area contributed by atoms with E-state index < -0.39 is 0 Å². The fourth-order valence-corrected chi connectivity index (χ4v) is 2.41. The third-order valence-corrected chi connectivity index (χ3v) is 3.22. The number of hydrogen-bond donors (Lipinski definition) is 0. The van der Waals surface area contributed by atoms with Crippen LogP contribution in [-0.4, -0.2) is 6.56 Å². The molecule has 0 rings (SSSR count). The molecule has 0 saturated carbocycles. The molecule has 0 heterocycles. The van der Waals surface area contributed by atoms with Crippen molar-refractivity contribution in [3.63, 3.8) is 0 Å². The van der Waals surface area contributed by atoms with Crippen LogP contribution in [0.25, 0.3) is 0 Å². The van der Waals surface area contributed by atoms with Gasteiger partial charge in [0.05, 0.1) is 0 Å². The van der Waals surface area contributed by atoms with E-state index in [1.807, 2.05) is 0 Å². The summed E-state index contributed by atoms with van der Waals surface area (Å²) in [7, 11) is 1.80. The fourth-order valence-electron chi connectivity index (χ4n) is 0.587. The number of halogens is 1. The molecule has 0 saturated heterocycles. The van der Waals surface area contributed by atoms with E-state index in [-0.39, 0.29) is 0 Å². The van der Waals surface area contributed by atoms with Crippen molar-refractivity contribution in [2.45, 2.75) is 33.0 Å². The highest BCUT2D eigenvalue weighted by molar-refractivity contribution is 14.2. The van der Waals surface area contributed by atoms with Crippen molar-refractivity contribution in [3.8, 4) is 0 Å². The minimum Gasteiger partial charge on any atom is -0.149 e. The zero-order valence-electron chi connectivity index (χ0n) is 6.23. The molecule has 0 aromatic carbocycles. The summed E-state index contributed by atoms with van der Waals surface area (Å²) in [6.07, 6.45) is 1.29. The standard InChI is InChI=1S/C6H13BIS/c1-4-5(2)6(3)7-9-8/h5-6H,4H2,1-3H3. The van der Waals surface area contributed by atoms with Crippen LogP contribution in [0.5, 0.6) is 0 Å². The Bertz CT molecular complexity index is 70.1. The first-order valence-electron chi connectivity index (χ1n) is 3.33. The number of hydrogen-bond acceptors (Lipinski definition) is 1. The first kappa shape index (κ1) is 10.1. The van der Waals surface area contributed by atoms with Gasteiger partial charge >= 0.3 is 0 Å². The smallest absolute Gasteiger partial charge is 0.149 e. The molecule has 0 aromatic rings. The van der Waals surface area contributed by atoms with Gasteiger partial charge in [-0.2, -0.15) is 0 Å². The highest BCUT2D eigenvalue weighted by atomic mass is 127. The van der Waals surface area contributed by atoms with Gasteiger partial charge in [-0.25, -0.2) is 0 Å². The first-order valence-corrected chi connectivity index (χ1v) is 6.75. The van der Waals surface area contributed by atoms with Crippen LogP contribution in [0.3, 0.4) is 0 Å². The fraction of sp³-hybridized carbons (Fsp3) is 1.00. The molecule has 0 aliphatic rings. The minimum absolute atomic E-state index is 0.761. The van der Waals surface area contributed by atoms with Crippen LogP contribution in [0, 0.1) is 5.92 Å². The summed E-state index contributed by atoms with van der Waals surface area (Å²) in [4.78, 5) is 0. The van der Waals surface area contributed by atoms with E-state index in [0.29, 0.717) is 0 Å². The lowest BCUT2D eigenvalue weighted by Crippen LogP contribution is -2.04. The molecule has 2 unspecified atom stereocenters. The molecule has 0 nitrogen and oxygen atoms in total. The summed E-state index contributed by atoms with van der Waals surface area (Å²) < 4.78 is 0. The molecule has 0 fully saturated rings. The summed E-state index contributed by atoms with van der Waals surface area (Å²) in [5, 5.41) is 0. The quantitative estimate of drug-likeness (QED) is 0.546. The third kappa shape index (κ3) is 4.54. The van der Waals surface area contributed by atoms with E-state index in [9.17, 15) is 0 Å². The van der Waals surface area contributed by atoms with Crippen molar-refractivity contribution in [1.29, 1.82) is 0 Å². The van der Waals surface area contributed by atoms with Crippen LogP contribution >= 0.6 is 30.0 Å². The van der Waals surface area contributed by atoms with Gasteiger partial charge in [0.2, 0.25) is 6.56 Å². The molecule has 0 aromatic heterocycles. The highest BCUT2D eigenvalue weighted by Gasteiger charge is 2.10. The molecule has 0 aliphatic carbocycles. The Kier molecular flexibility index (Phi) is 6.64. The van der Waals surface area contributed by atoms with Crippen LogP contribution in [0.1, 0.15) is 27.2 Å². The summed E-state index contributed by atoms with van der Waals surface area (Å²) in [6.45, 7) is 9.12. The van der Waals surface area contributed by atoms with Crippen LogP contribution in [0.15, 0.2) is 0 Å². The van der Waals surface area contributed by atoms with E-state index in [1.54, 1.807) is 8.78 Å². The molecule has 53 valence electrons. The second-order valence-electron chi connectivity index (χ2n) is 2.47. The normalized spacial score (nSPS) is 16.9. The van der Waals surface area contributed by atoms with Crippen molar-refractivity contribution in [3.05, 3.63) is 0 Å². The summed E-state index contributed by atoms with van der Waals surface area (Å²) >= 11 is 2.31. The van der Waals surface area contributed by atoms with E-state index in [4.69, 9.17) is 0 Å². The van der Waals surface area contributed by atoms with Crippen molar-refractivity contribution in [1.82, 2.24) is 0 Å². The van der Waals surface area contributed by atoms with E-state index in [1.165, 1.54) is 6.42 Å². The lowest BCUT2D eigenvalue weighted by molar-refractivity contribution is 0.543. The maximum absolute atomic E-state index is 2.31. The Morgan fingerprint density at radius 2 is 2.11 bits per heavy atom. The summed E-state index contributed by atoms with van der Waals surface area (Å²) in [5.74, 6) is 1.60. The van der Waals surface area contributed by atoms with E-state index in [0.717, 1.165) is 11.7 Å². The van der Waals surface area contributed by atoms with Gasteiger partial charge in [-0.15, -0.1) is 8.78 Å². The highest BCUT2D eigenvalue weighted by Crippen LogP contribution is 2.25. The van der Waals surface area contributed by atoms with Crippen LogP contribution in [0.2, 0.25) is 5.82 Å². The Morgan fingerprint density at radius 3 is 2.44 bits per heavy atom. The van der Waals surface area contributed by atoms with Crippen molar-refractivity contribution < 1.29 is 0 Å². The SMILES string of the molecule is CCC(C)C(C)[B]SI. The van der Waals surface area contributed by atoms with Gasteiger partial charge in [-0.3, -0.25) is 0 Å². The van der Waals surface area contributed by atoms with E-state index in [2.05, 4.69) is 48.5 Å². The Labute approximate surface area is 75.3 Å². The second kappa shape index (κ2) is 5.89. The molecular weight excluding hydrogens is 242 g/mol. The summed E-state index contributed by atoms with van der Waals surface area (Å²) in [6, 6.07) is 0. The predicted molar refractivity (Wildman–Crippen MR) is 56.2 cm³/mol. The van der Waals surface area contributed by atoms with Gasteiger partial charge in [-0.1, -0.05) is 33.0 Å². The Morgan fingerprint density at radius 1 is 1.56 bits per heavy atom. The van der Waals surface area contributed by atoms with Gasteiger partial charge in [0, 0.05) is 0 Å². The molecular formula is C6H13BIS. The maximum atomic E-state index is 2.31.